The molecule has 4 heteroatoms. The Balaban J connectivity index is 1.92. The summed E-state index contributed by atoms with van der Waals surface area (Å²) in [5.74, 6) is 1.12. The molecule has 14 heavy (non-hydrogen) atoms. The SMILES string of the molecule is CCN1CCN(C2=NCCN2)CC1C. The minimum atomic E-state index is 0.652. The summed E-state index contributed by atoms with van der Waals surface area (Å²) in [6, 6.07) is 0.652. The van der Waals surface area contributed by atoms with Gasteiger partial charge in [0.25, 0.3) is 0 Å². The third-order valence-corrected chi connectivity index (χ3v) is 3.13. The van der Waals surface area contributed by atoms with E-state index in [9.17, 15) is 0 Å². The van der Waals surface area contributed by atoms with E-state index in [1.54, 1.807) is 0 Å². The van der Waals surface area contributed by atoms with Gasteiger partial charge in [-0.2, -0.15) is 0 Å². The maximum Gasteiger partial charge on any atom is 0.194 e. The van der Waals surface area contributed by atoms with Crippen molar-refractivity contribution in [3.63, 3.8) is 0 Å². The average Bonchev–Trinajstić information content (AvgIpc) is 2.70. The highest BCUT2D eigenvalue weighted by Crippen LogP contribution is 2.09. The van der Waals surface area contributed by atoms with Gasteiger partial charge in [-0.3, -0.25) is 9.89 Å². The first kappa shape index (κ1) is 9.77. The molecule has 1 atom stereocenters. The molecule has 4 nitrogen and oxygen atoms in total. The molecule has 0 aliphatic carbocycles. The second-order valence-electron chi connectivity index (χ2n) is 4.06. The van der Waals surface area contributed by atoms with Crippen LogP contribution in [0.3, 0.4) is 0 Å². The fourth-order valence-electron chi connectivity index (χ4n) is 2.25. The van der Waals surface area contributed by atoms with Gasteiger partial charge in [-0.05, 0) is 13.5 Å². The van der Waals surface area contributed by atoms with Gasteiger partial charge in [0.1, 0.15) is 0 Å². The molecule has 1 saturated heterocycles. The summed E-state index contributed by atoms with van der Waals surface area (Å²) in [5.41, 5.74) is 0. The highest BCUT2D eigenvalue weighted by atomic mass is 15.4. The number of hydrogen-bond donors (Lipinski definition) is 1. The third-order valence-electron chi connectivity index (χ3n) is 3.13. The van der Waals surface area contributed by atoms with Crippen molar-refractivity contribution in [2.24, 2.45) is 4.99 Å². The second kappa shape index (κ2) is 4.17. The molecular weight excluding hydrogens is 176 g/mol. The molecule has 2 rings (SSSR count). The molecule has 0 aromatic heterocycles. The predicted molar refractivity (Wildman–Crippen MR) is 58.6 cm³/mol. The average molecular weight is 196 g/mol. The van der Waals surface area contributed by atoms with E-state index >= 15 is 0 Å². The number of hydrogen-bond acceptors (Lipinski definition) is 4. The van der Waals surface area contributed by atoms with Gasteiger partial charge in [0.05, 0.1) is 6.54 Å². The first-order valence-corrected chi connectivity index (χ1v) is 5.58. The van der Waals surface area contributed by atoms with E-state index in [0.717, 1.165) is 38.7 Å². The van der Waals surface area contributed by atoms with Crippen LogP contribution in [0.5, 0.6) is 0 Å². The monoisotopic (exact) mass is 196 g/mol. The zero-order valence-corrected chi connectivity index (χ0v) is 9.16. The third kappa shape index (κ3) is 1.85. The Morgan fingerprint density at radius 3 is 2.93 bits per heavy atom. The molecule has 0 bridgehead atoms. The van der Waals surface area contributed by atoms with Crippen molar-refractivity contribution < 1.29 is 0 Å². The zero-order valence-electron chi connectivity index (χ0n) is 9.16. The highest BCUT2D eigenvalue weighted by Gasteiger charge is 2.25. The number of nitrogens with zero attached hydrogens (tertiary/aromatic N) is 3. The number of aliphatic imine (C=N–C) groups is 1. The van der Waals surface area contributed by atoms with Gasteiger partial charge < -0.3 is 10.2 Å². The van der Waals surface area contributed by atoms with Gasteiger partial charge in [-0.15, -0.1) is 0 Å². The van der Waals surface area contributed by atoms with E-state index in [-0.39, 0.29) is 0 Å². The molecule has 1 unspecified atom stereocenters. The molecule has 1 N–H and O–H groups in total. The fraction of sp³-hybridized carbons (Fsp3) is 0.900. The number of likely N-dealkylation sites (N-methyl/N-ethyl adjacent to an activating group) is 1. The summed E-state index contributed by atoms with van der Waals surface area (Å²) < 4.78 is 0. The maximum absolute atomic E-state index is 4.46. The quantitative estimate of drug-likeness (QED) is 0.639. The number of guanidine groups is 1. The molecule has 2 heterocycles. The summed E-state index contributed by atoms with van der Waals surface area (Å²) in [6.07, 6.45) is 0. The van der Waals surface area contributed by atoms with E-state index in [0.29, 0.717) is 6.04 Å². The molecule has 80 valence electrons. The van der Waals surface area contributed by atoms with Crippen molar-refractivity contribution >= 4 is 5.96 Å². The van der Waals surface area contributed by atoms with Crippen molar-refractivity contribution in [1.82, 2.24) is 15.1 Å². The lowest BCUT2D eigenvalue weighted by Gasteiger charge is -2.40. The van der Waals surface area contributed by atoms with Gasteiger partial charge in [0, 0.05) is 32.2 Å². The Hall–Kier alpha value is -0.770. The van der Waals surface area contributed by atoms with Crippen LogP contribution in [-0.2, 0) is 0 Å². The second-order valence-corrected chi connectivity index (χ2v) is 4.06. The Morgan fingerprint density at radius 2 is 2.36 bits per heavy atom. The summed E-state index contributed by atoms with van der Waals surface area (Å²) in [6.45, 7) is 11.0. The van der Waals surface area contributed by atoms with Crippen LogP contribution in [0.25, 0.3) is 0 Å². The maximum atomic E-state index is 4.46. The number of piperazine rings is 1. The smallest absolute Gasteiger partial charge is 0.194 e. The lowest BCUT2D eigenvalue weighted by atomic mass is 10.2. The Kier molecular flexibility index (Phi) is 2.91. The fourth-order valence-corrected chi connectivity index (χ4v) is 2.25. The number of rotatable bonds is 1. The van der Waals surface area contributed by atoms with Crippen molar-refractivity contribution in [3.8, 4) is 0 Å². The van der Waals surface area contributed by atoms with Gasteiger partial charge in [-0.25, -0.2) is 0 Å². The molecule has 0 aromatic rings. The molecule has 0 radical (unpaired) electrons. The van der Waals surface area contributed by atoms with Crippen LogP contribution in [0.4, 0.5) is 0 Å². The van der Waals surface area contributed by atoms with Gasteiger partial charge in [0.15, 0.2) is 5.96 Å². The summed E-state index contributed by atoms with van der Waals surface area (Å²) in [7, 11) is 0. The van der Waals surface area contributed by atoms with Crippen LogP contribution in [0.2, 0.25) is 0 Å². The largest absolute Gasteiger partial charge is 0.354 e. The Bertz CT molecular complexity index is 226. The standard InChI is InChI=1S/C10H20N4/c1-3-13-6-7-14(8-9(13)2)10-11-4-5-12-10/h9H,3-8H2,1-2H3,(H,11,12). The summed E-state index contributed by atoms with van der Waals surface area (Å²) in [5, 5.41) is 3.34. The van der Waals surface area contributed by atoms with Gasteiger partial charge >= 0.3 is 0 Å². The Labute approximate surface area is 86.0 Å². The minimum Gasteiger partial charge on any atom is -0.354 e. The van der Waals surface area contributed by atoms with Crippen LogP contribution >= 0.6 is 0 Å². The highest BCUT2D eigenvalue weighted by molar-refractivity contribution is 5.81. The molecular formula is C10H20N4. The van der Waals surface area contributed by atoms with Crippen LogP contribution in [0.1, 0.15) is 13.8 Å². The van der Waals surface area contributed by atoms with Crippen molar-refractivity contribution in [2.75, 3.05) is 39.3 Å². The van der Waals surface area contributed by atoms with Crippen LogP contribution in [0, 0.1) is 0 Å². The molecule has 2 aliphatic heterocycles. The predicted octanol–water partition coefficient (Wildman–Crippen LogP) is -0.0284. The molecule has 0 spiro atoms. The normalized spacial score (nSPS) is 28.9. The van der Waals surface area contributed by atoms with Crippen LogP contribution in [0.15, 0.2) is 4.99 Å². The number of nitrogens with one attached hydrogen (secondary N) is 1. The minimum absolute atomic E-state index is 0.652. The molecule has 2 aliphatic rings. The topological polar surface area (TPSA) is 30.9 Å². The molecule has 1 fully saturated rings. The van der Waals surface area contributed by atoms with Crippen molar-refractivity contribution in [3.05, 3.63) is 0 Å². The molecule has 0 amide bonds. The summed E-state index contributed by atoms with van der Waals surface area (Å²) >= 11 is 0. The van der Waals surface area contributed by atoms with E-state index in [4.69, 9.17) is 0 Å². The van der Waals surface area contributed by atoms with E-state index < -0.39 is 0 Å². The van der Waals surface area contributed by atoms with Gasteiger partial charge in [-0.1, -0.05) is 6.92 Å². The molecule has 0 saturated carbocycles. The zero-order chi connectivity index (χ0) is 9.97. The van der Waals surface area contributed by atoms with Crippen molar-refractivity contribution in [2.45, 2.75) is 19.9 Å². The van der Waals surface area contributed by atoms with E-state index in [2.05, 4.69) is 34.0 Å². The van der Waals surface area contributed by atoms with Crippen molar-refractivity contribution in [1.29, 1.82) is 0 Å². The lowest BCUT2D eigenvalue weighted by molar-refractivity contribution is 0.128. The van der Waals surface area contributed by atoms with Gasteiger partial charge in [0.2, 0.25) is 0 Å². The van der Waals surface area contributed by atoms with E-state index in [1.807, 2.05) is 0 Å². The van der Waals surface area contributed by atoms with E-state index in [1.165, 1.54) is 6.54 Å². The first-order chi connectivity index (χ1) is 6.81. The summed E-state index contributed by atoms with van der Waals surface area (Å²) in [4.78, 5) is 9.36. The lowest BCUT2D eigenvalue weighted by Crippen LogP contribution is -2.55. The Morgan fingerprint density at radius 1 is 1.50 bits per heavy atom. The molecule has 0 aromatic carbocycles. The van der Waals surface area contributed by atoms with Crippen LogP contribution in [-0.4, -0.2) is 61.1 Å². The van der Waals surface area contributed by atoms with Crippen LogP contribution < -0.4 is 5.32 Å². The first-order valence-electron chi connectivity index (χ1n) is 5.58.